The van der Waals surface area contributed by atoms with Crippen molar-refractivity contribution in [1.29, 1.82) is 0 Å². The second-order valence-corrected chi connectivity index (χ2v) is 5.26. The summed E-state index contributed by atoms with van der Waals surface area (Å²) in [4.78, 5) is 23.3. The molecule has 2 heterocycles. The van der Waals surface area contributed by atoms with Crippen LogP contribution < -0.4 is 16.0 Å². The molecule has 1 fully saturated rings. The summed E-state index contributed by atoms with van der Waals surface area (Å²) in [5.41, 5.74) is 2.56. The van der Waals surface area contributed by atoms with Crippen LogP contribution in [-0.4, -0.2) is 35.6 Å². The standard InChI is InChI=1S/C14H17N3O3.ClH/c18-10-6-12(15-7-10)14(20)16-9-2-3-11-8(5-9)1-4-13(19)17-11;/h2-3,5,10,12,15,18H,1,4,6-7H2,(H,16,20)(H,17,19);1H. The molecule has 2 unspecified atom stereocenters. The van der Waals surface area contributed by atoms with Crippen molar-refractivity contribution in [2.75, 3.05) is 17.2 Å². The van der Waals surface area contributed by atoms with Crippen LogP contribution in [-0.2, 0) is 16.0 Å². The normalized spacial score (nSPS) is 23.8. The van der Waals surface area contributed by atoms with E-state index in [0.717, 1.165) is 11.3 Å². The number of hydrogen-bond donors (Lipinski definition) is 4. The lowest BCUT2D eigenvalue weighted by Crippen LogP contribution is -2.35. The van der Waals surface area contributed by atoms with E-state index in [1.165, 1.54) is 0 Å². The molecule has 1 saturated heterocycles. The predicted octanol–water partition coefficient (Wildman–Crippen LogP) is 0.654. The first-order valence-electron chi connectivity index (χ1n) is 6.77. The molecular formula is C14H18ClN3O3. The molecule has 0 aromatic heterocycles. The minimum absolute atomic E-state index is 0. The summed E-state index contributed by atoms with van der Waals surface area (Å²) < 4.78 is 0. The van der Waals surface area contributed by atoms with E-state index in [4.69, 9.17) is 0 Å². The molecule has 7 heteroatoms. The molecule has 0 aliphatic carbocycles. The Morgan fingerprint density at radius 3 is 2.86 bits per heavy atom. The van der Waals surface area contributed by atoms with Crippen molar-refractivity contribution < 1.29 is 14.7 Å². The zero-order valence-electron chi connectivity index (χ0n) is 11.4. The molecule has 6 nitrogen and oxygen atoms in total. The lowest BCUT2D eigenvalue weighted by Gasteiger charge is -2.18. The number of carbonyl (C=O) groups is 2. The van der Waals surface area contributed by atoms with Gasteiger partial charge in [0, 0.05) is 24.3 Å². The van der Waals surface area contributed by atoms with E-state index in [-0.39, 0.29) is 30.3 Å². The van der Waals surface area contributed by atoms with Crippen LogP contribution in [0.2, 0.25) is 0 Å². The van der Waals surface area contributed by atoms with Gasteiger partial charge in [0.25, 0.3) is 0 Å². The van der Waals surface area contributed by atoms with Crippen LogP contribution in [0.4, 0.5) is 11.4 Å². The van der Waals surface area contributed by atoms with E-state index in [0.29, 0.717) is 31.5 Å². The van der Waals surface area contributed by atoms with Gasteiger partial charge in [-0.05, 0) is 36.6 Å². The van der Waals surface area contributed by atoms with Crippen molar-refractivity contribution in [3.05, 3.63) is 23.8 Å². The Morgan fingerprint density at radius 2 is 2.14 bits per heavy atom. The number of anilines is 2. The van der Waals surface area contributed by atoms with Crippen LogP contribution in [0, 0.1) is 0 Å². The van der Waals surface area contributed by atoms with Crippen LogP contribution in [0.3, 0.4) is 0 Å². The SMILES string of the molecule is Cl.O=C1CCc2cc(NC(=O)C3CC(O)CN3)ccc2N1. The maximum Gasteiger partial charge on any atom is 0.241 e. The minimum Gasteiger partial charge on any atom is -0.392 e. The first-order chi connectivity index (χ1) is 9.61. The summed E-state index contributed by atoms with van der Waals surface area (Å²) >= 11 is 0. The molecule has 114 valence electrons. The molecule has 0 radical (unpaired) electrons. The molecule has 0 bridgehead atoms. The Kier molecular flexibility index (Phi) is 4.82. The highest BCUT2D eigenvalue weighted by molar-refractivity contribution is 5.97. The number of fused-ring (bicyclic) bond motifs is 1. The molecule has 0 saturated carbocycles. The Labute approximate surface area is 128 Å². The first kappa shape index (κ1) is 15.8. The number of hydrogen-bond acceptors (Lipinski definition) is 4. The first-order valence-corrected chi connectivity index (χ1v) is 6.77. The van der Waals surface area contributed by atoms with E-state index in [2.05, 4.69) is 16.0 Å². The Morgan fingerprint density at radius 1 is 1.33 bits per heavy atom. The van der Waals surface area contributed by atoms with Gasteiger partial charge in [-0.15, -0.1) is 12.4 Å². The van der Waals surface area contributed by atoms with Gasteiger partial charge >= 0.3 is 0 Å². The summed E-state index contributed by atoms with van der Waals surface area (Å²) in [5.74, 6) is -0.111. The third kappa shape index (κ3) is 3.53. The van der Waals surface area contributed by atoms with Gasteiger partial charge in [-0.1, -0.05) is 0 Å². The average Bonchev–Trinajstić information content (AvgIpc) is 2.86. The van der Waals surface area contributed by atoms with E-state index in [1.54, 1.807) is 12.1 Å². The molecule has 2 aliphatic heterocycles. The Bertz CT molecular complexity index is 564. The maximum atomic E-state index is 12.0. The van der Waals surface area contributed by atoms with Crippen LogP contribution in [0.5, 0.6) is 0 Å². The smallest absolute Gasteiger partial charge is 0.241 e. The highest BCUT2D eigenvalue weighted by Crippen LogP contribution is 2.25. The molecule has 2 aliphatic rings. The monoisotopic (exact) mass is 311 g/mol. The Balaban J connectivity index is 0.00000161. The third-order valence-corrected chi connectivity index (χ3v) is 3.69. The molecule has 1 aromatic rings. The van der Waals surface area contributed by atoms with Gasteiger partial charge in [0.15, 0.2) is 0 Å². The van der Waals surface area contributed by atoms with Crippen LogP contribution in [0.1, 0.15) is 18.4 Å². The number of halogens is 1. The Hall–Kier alpha value is -1.63. The summed E-state index contributed by atoms with van der Waals surface area (Å²) in [6.45, 7) is 0.453. The van der Waals surface area contributed by atoms with Crippen molar-refractivity contribution in [1.82, 2.24) is 5.32 Å². The number of amides is 2. The lowest BCUT2D eigenvalue weighted by molar-refractivity contribution is -0.118. The van der Waals surface area contributed by atoms with Crippen molar-refractivity contribution in [3.8, 4) is 0 Å². The van der Waals surface area contributed by atoms with Gasteiger partial charge in [0.2, 0.25) is 11.8 Å². The lowest BCUT2D eigenvalue weighted by atomic mass is 10.0. The van der Waals surface area contributed by atoms with Crippen molar-refractivity contribution in [2.24, 2.45) is 0 Å². The number of aryl methyl sites for hydroxylation is 1. The summed E-state index contributed by atoms with van der Waals surface area (Å²) in [6.07, 6.45) is 1.14. The number of rotatable bonds is 2. The second kappa shape index (κ2) is 6.43. The molecule has 4 N–H and O–H groups in total. The van der Waals surface area contributed by atoms with E-state index in [1.807, 2.05) is 6.07 Å². The average molecular weight is 312 g/mol. The quantitative estimate of drug-likeness (QED) is 0.646. The number of benzene rings is 1. The molecule has 2 atom stereocenters. The summed E-state index contributed by atoms with van der Waals surface area (Å²) in [6, 6.07) is 5.12. The van der Waals surface area contributed by atoms with Crippen LogP contribution >= 0.6 is 12.4 Å². The van der Waals surface area contributed by atoms with Crippen molar-refractivity contribution in [3.63, 3.8) is 0 Å². The molecule has 3 rings (SSSR count). The van der Waals surface area contributed by atoms with Crippen LogP contribution in [0.15, 0.2) is 18.2 Å². The fourth-order valence-electron chi connectivity index (χ4n) is 2.61. The number of β-amino-alcohol motifs (C(OH)–C–C–N with tert-alkyl or cyclic N) is 1. The zero-order valence-corrected chi connectivity index (χ0v) is 12.2. The molecular weight excluding hydrogens is 294 g/mol. The van der Waals surface area contributed by atoms with Crippen LogP contribution in [0.25, 0.3) is 0 Å². The van der Waals surface area contributed by atoms with Gasteiger partial charge in [-0.2, -0.15) is 0 Å². The second-order valence-electron chi connectivity index (χ2n) is 5.26. The van der Waals surface area contributed by atoms with E-state index in [9.17, 15) is 14.7 Å². The largest absolute Gasteiger partial charge is 0.392 e. The topological polar surface area (TPSA) is 90.5 Å². The zero-order chi connectivity index (χ0) is 14.1. The van der Waals surface area contributed by atoms with E-state index >= 15 is 0 Å². The highest BCUT2D eigenvalue weighted by Gasteiger charge is 2.28. The third-order valence-electron chi connectivity index (χ3n) is 3.69. The molecule has 21 heavy (non-hydrogen) atoms. The predicted molar refractivity (Wildman–Crippen MR) is 81.7 cm³/mol. The van der Waals surface area contributed by atoms with Crippen molar-refractivity contribution >= 4 is 35.6 Å². The van der Waals surface area contributed by atoms with Gasteiger partial charge in [0.05, 0.1) is 12.1 Å². The number of carbonyl (C=O) groups excluding carboxylic acids is 2. The van der Waals surface area contributed by atoms with Crippen molar-refractivity contribution in [2.45, 2.75) is 31.4 Å². The summed E-state index contributed by atoms with van der Waals surface area (Å²) in [7, 11) is 0. The molecule has 1 aromatic carbocycles. The van der Waals surface area contributed by atoms with Gasteiger partial charge in [0.1, 0.15) is 0 Å². The number of aliphatic hydroxyl groups excluding tert-OH is 1. The van der Waals surface area contributed by atoms with Gasteiger partial charge < -0.3 is 21.1 Å². The number of nitrogens with one attached hydrogen (secondary N) is 3. The van der Waals surface area contributed by atoms with E-state index < -0.39 is 6.10 Å². The highest BCUT2D eigenvalue weighted by atomic mass is 35.5. The maximum absolute atomic E-state index is 12.0. The summed E-state index contributed by atoms with van der Waals surface area (Å²) in [5, 5.41) is 18.0. The van der Waals surface area contributed by atoms with Gasteiger partial charge in [-0.3, -0.25) is 9.59 Å². The minimum atomic E-state index is -0.454. The fourth-order valence-corrected chi connectivity index (χ4v) is 2.61. The molecule has 0 spiro atoms. The number of aliphatic hydroxyl groups is 1. The fraction of sp³-hybridized carbons (Fsp3) is 0.429. The molecule has 2 amide bonds. The van der Waals surface area contributed by atoms with Gasteiger partial charge in [-0.25, -0.2) is 0 Å².